The van der Waals surface area contributed by atoms with Gasteiger partial charge in [0.2, 0.25) is 0 Å². The standard InChI is InChI=1S/C35H21N3S/c1-5-13-30-24(9-1)25-10-2-6-14-31(25)37(30)22-17-18-34-28(19-22)29-20-23(21-36-35(29)39-34)38-32-15-7-3-11-26(32)27-12-4-8-16-33(27)38/h1-21H. The Balaban J connectivity index is 1.32. The number of fused-ring (bicyclic) bond motifs is 9. The fourth-order valence-corrected chi connectivity index (χ4v) is 7.31. The molecular formula is C35H21N3S. The molecule has 182 valence electrons. The van der Waals surface area contributed by atoms with Crippen LogP contribution in [0.3, 0.4) is 0 Å². The highest BCUT2D eigenvalue weighted by Crippen LogP contribution is 2.39. The number of aromatic nitrogens is 3. The molecule has 0 amide bonds. The Hall–Kier alpha value is -4.93. The molecule has 0 fully saturated rings. The summed E-state index contributed by atoms with van der Waals surface area (Å²) in [7, 11) is 0. The zero-order valence-corrected chi connectivity index (χ0v) is 21.7. The van der Waals surface area contributed by atoms with Gasteiger partial charge in [-0.15, -0.1) is 11.3 Å². The smallest absolute Gasteiger partial charge is 0.124 e. The van der Waals surface area contributed by atoms with Gasteiger partial charge in [0, 0.05) is 42.7 Å². The van der Waals surface area contributed by atoms with Crippen LogP contribution in [0.25, 0.3) is 75.3 Å². The minimum Gasteiger partial charge on any atom is -0.309 e. The van der Waals surface area contributed by atoms with E-state index in [0.717, 1.165) is 10.5 Å². The molecule has 4 aromatic heterocycles. The summed E-state index contributed by atoms with van der Waals surface area (Å²) in [4.78, 5) is 6.03. The topological polar surface area (TPSA) is 22.8 Å². The van der Waals surface area contributed by atoms with Crippen LogP contribution < -0.4 is 0 Å². The van der Waals surface area contributed by atoms with Crippen molar-refractivity contribution in [1.82, 2.24) is 14.1 Å². The Morgan fingerprint density at radius 1 is 0.436 bits per heavy atom. The van der Waals surface area contributed by atoms with Crippen LogP contribution in [0.1, 0.15) is 0 Å². The SMILES string of the molecule is c1ccc2c(c1)c1ccccc1n2-c1ccc2sc3ncc(-n4c5ccccc5c5ccccc54)cc3c2c1. The molecule has 0 spiro atoms. The Morgan fingerprint density at radius 3 is 1.44 bits per heavy atom. The van der Waals surface area contributed by atoms with Gasteiger partial charge in [0.05, 0.1) is 34.0 Å². The van der Waals surface area contributed by atoms with Crippen LogP contribution in [0.5, 0.6) is 0 Å². The second-order valence-corrected chi connectivity index (χ2v) is 11.1. The number of rotatable bonds is 2. The van der Waals surface area contributed by atoms with Gasteiger partial charge in [0.1, 0.15) is 4.83 Å². The average Bonchev–Trinajstić information content (AvgIpc) is 3.64. The second kappa shape index (κ2) is 7.79. The van der Waals surface area contributed by atoms with Crippen molar-refractivity contribution < 1.29 is 0 Å². The number of nitrogens with zero attached hydrogens (tertiary/aromatic N) is 3. The van der Waals surface area contributed by atoms with Crippen LogP contribution in [0.4, 0.5) is 0 Å². The zero-order valence-electron chi connectivity index (χ0n) is 20.9. The summed E-state index contributed by atoms with van der Waals surface area (Å²) in [6.45, 7) is 0. The van der Waals surface area contributed by atoms with Gasteiger partial charge < -0.3 is 9.13 Å². The zero-order chi connectivity index (χ0) is 25.5. The minimum atomic E-state index is 1.06. The van der Waals surface area contributed by atoms with Crippen molar-refractivity contribution in [2.24, 2.45) is 0 Å². The van der Waals surface area contributed by atoms with E-state index >= 15 is 0 Å². The molecule has 4 heteroatoms. The number of hydrogen-bond acceptors (Lipinski definition) is 2. The Labute approximate surface area is 227 Å². The highest BCUT2D eigenvalue weighted by molar-refractivity contribution is 7.25. The summed E-state index contributed by atoms with van der Waals surface area (Å²) in [6, 6.07) is 43.8. The van der Waals surface area contributed by atoms with Crippen molar-refractivity contribution in [3.8, 4) is 11.4 Å². The maximum atomic E-state index is 4.97. The molecule has 0 N–H and O–H groups in total. The van der Waals surface area contributed by atoms with Crippen molar-refractivity contribution in [2.45, 2.75) is 0 Å². The molecule has 9 aromatic rings. The van der Waals surface area contributed by atoms with Crippen molar-refractivity contribution >= 4 is 75.3 Å². The average molecular weight is 516 g/mol. The van der Waals surface area contributed by atoms with Crippen LogP contribution in [0.2, 0.25) is 0 Å². The normalized spacial score (nSPS) is 12.1. The largest absolute Gasteiger partial charge is 0.309 e. The molecule has 0 radical (unpaired) electrons. The molecule has 0 unspecified atom stereocenters. The van der Waals surface area contributed by atoms with E-state index in [4.69, 9.17) is 4.98 Å². The van der Waals surface area contributed by atoms with E-state index in [2.05, 4.69) is 130 Å². The van der Waals surface area contributed by atoms with Crippen molar-refractivity contribution in [3.05, 3.63) is 128 Å². The number of benzene rings is 5. The van der Waals surface area contributed by atoms with Crippen LogP contribution in [0, 0.1) is 0 Å². The molecule has 4 heterocycles. The van der Waals surface area contributed by atoms with E-state index in [1.165, 1.54) is 64.8 Å². The van der Waals surface area contributed by atoms with Crippen molar-refractivity contribution in [1.29, 1.82) is 0 Å². The van der Waals surface area contributed by atoms with Gasteiger partial charge in [-0.1, -0.05) is 72.8 Å². The lowest BCUT2D eigenvalue weighted by Crippen LogP contribution is -1.95. The number of pyridine rings is 1. The van der Waals surface area contributed by atoms with Crippen LogP contribution in [0.15, 0.2) is 128 Å². The maximum Gasteiger partial charge on any atom is 0.124 e. The van der Waals surface area contributed by atoms with Gasteiger partial charge in [-0.3, -0.25) is 0 Å². The Morgan fingerprint density at radius 2 is 0.897 bits per heavy atom. The van der Waals surface area contributed by atoms with E-state index in [1.54, 1.807) is 11.3 Å². The third-order valence-corrected chi connectivity index (χ3v) is 9.07. The van der Waals surface area contributed by atoms with E-state index in [-0.39, 0.29) is 0 Å². The van der Waals surface area contributed by atoms with Gasteiger partial charge in [0.25, 0.3) is 0 Å². The Bertz CT molecular complexity index is 2130. The van der Waals surface area contributed by atoms with Gasteiger partial charge in [-0.25, -0.2) is 4.98 Å². The molecule has 0 aliphatic rings. The third-order valence-electron chi connectivity index (χ3n) is 7.97. The quantitative estimate of drug-likeness (QED) is 0.225. The molecule has 0 saturated carbocycles. The van der Waals surface area contributed by atoms with Gasteiger partial charge >= 0.3 is 0 Å². The van der Waals surface area contributed by atoms with Crippen LogP contribution in [-0.4, -0.2) is 14.1 Å². The van der Waals surface area contributed by atoms with E-state index < -0.39 is 0 Å². The molecule has 0 saturated heterocycles. The first kappa shape index (κ1) is 21.1. The summed E-state index contributed by atoms with van der Waals surface area (Å²) in [5.74, 6) is 0. The summed E-state index contributed by atoms with van der Waals surface area (Å²) < 4.78 is 5.98. The molecule has 5 aromatic carbocycles. The lowest BCUT2D eigenvalue weighted by molar-refractivity contribution is 1.16. The third kappa shape index (κ3) is 2.89. The monoisotopic (exact) mass is 515 g/mol. The molecule has 0 bridgehead atoms. The predicted molar refractivity (Wildman–Crippen MR) is 166 cm³/mol. The lowest BCUT2D eigenvalue weighted by atomic mass is 10.1. The second-order valence-electron chi connectivity index (χ2n) is 10.1. The first-order valence-corrected chi connectivity index (χ1v) is 14.0. The highest BCUT2D eigenvalue weighted by atomic mass is 32.1. The molecule has 9 rings (SSSR count). The maximum absolute atomic E-state index is 4.97. The summed E-state index contributed by atoms with van der Waals surface area (Å²) in [5, 5.41) is 7.51. The first-order valence-electron chi connectivity index (χ1n) is 13.1. The molecule has 39 heavy (non-hydrogen) atoms. The highest BCUT2D eigenvalue weighted by Gasteiger charge is 2.16. The molecule has 0 atom stereocenters. The number of thiophene rings is 1. The fraction of sp³-hybridized carbons (Fsp3) is 0. The fourth-order valence-electron chi connectivity index (χ4n) is 6.30. The Kier molecular flexibility index (Phi) is 4.21. The predicted octanol–water partition coefficient (Wildman–Crippen LogP) is 9.64. The molecular weight excluding hydrogens is 494 g/mol. The van der Waals surface area contributed by atoms with E-state index in [9.17, 15) is 0 Å². The van der Waals surface area contributed by atoms with Crippen molar-refractivity contribution in [3.63, 3.8) is 0 Å². The van der Waals surface area contributed by atoms with Crippen LogP contribution in [-0.2, 0) is 0 Å². The first-order chi connectivity index (χ1) is 19.3. The molecule has 0 aliphatic carbocycles. The lowest BCUT2D eigenvalue weighted by Gasteiger charge is -2.09. The summed E-state index contributed by atoms with van der Waals surface area (Å²) in [6.07, 6.45) is 2.02. The van der Waals surface area contributed by atoms with Crippen LogP contribution >= 0.6 is 11.3 Å². The van der Waals surface area contributed by atoms with Gasteiger partial charge in [-0.2, -0.15) is 0 Å². The van der Waals surface area contributed by atoms with Crippen molar-refractivity contribution in [2.75, 3.05) is 0 Å². The van der Waals surface area contributed by atoms with E-state index in [1.807, 2.05) is 6.20 Å². The summed E-state index contributed by atoms with van der Waals surface area (Å²) in [5.41, 5.74) is 7.10. The van der Waals surface area contributed by atoms with Gasteiger partial charge in [0.15, 0.2) is 0 Å². The van der Waals surface area contributed by atoms with E-state index in [0.29, 0.717) is 0 Å². The minimum absolute atomic E-state index is 1.06. The summed E-state index contributed by atoms with van der Waals surface area (Å²) >= 11 is 1.76. The number of para-hydroxylation sites is 4. The molecule has 3 nitrogen and oxygen atoms in total. The number of hydrogen-bond donors (Lipinski definition) is 0. The van der Waals surface area contributed by atoms with Gasteiger partial charge in [-0.05, 0) is 48.5 Å². The molecule has 0 aliphatic heterocycles.